The summed E-state index contributed by atoms with van der Waals surface area (Å²) in [6.07, 6.45) is 2.88. The van der Waals surface area contributed by atoms with E-state index in [0.29, 0.717) is 31.1 Å². The number of hydrogen-bond acceptors (Lipinski definition) is 5. The zero-order chi connectivity index (χ0) is 20.3. The van der Waals surface area contributed by atoms with Gasteiger partial charge < -0.3 is 10.6 Å². The van der Waals surface area contributed by atoms with Gasteiger partial charge in [-0.2, -0.15) is 0 Å². The van der Waals surface area contributed by atoms with Gasteiger partial charge in [-0.3, -0.25) is 19.1 Å². The van der Waals surface area contributed by atoms with Crippen LogP contribution < -0.4 is 21.9 Å². The first-order valence-electron chi connectivity index (χ1n) is 10.1. The van der Waals surface area contributed by atoms with Gasteiger partial charge in [0.1, 0.15) is 0 Å². The van der Waals surface area contributed by atoms with Crippen molar-refractivity contribution in [2.24, 2.45) is 5.92 Å². The molecule has 1 aliphatic rings. The van der Waals surface area contributed by atoms with E-state index in [2.05, 4.69) is 20.6 Å². The van der Waals surface area contributed by atoms with Crippen LogP contribution in [0.3, 0.4) is 0 Å². The van der Waals surface area contributed by atoms with Gasteiger partial charge in [0.15, 0.2) is 5.65 Å². The average molecular weight is 460 g/mol. The number of pyridine rings is 1. The average Bonchev–Trinajstić information content (AvgIpc) is 2.69. The van der Waals surface area contributed by atoms with Gasteiger partial charge in [-0.25, -0.2) is 9.78 Å². The molecular weight excluding hydrogens is 429 g/mol. The molecule has 3 N–H and O–H groups in total. The van der Waals surface area contributed by atoms with Crippen LogP contribution >= 0.6 is 24.8 Å². The lowest BCUT2D eigenvalue weighted by Gasteiger charge is -2.23. The topological polar surface area (TPSA) is 109 Å². The van der Waals surface area contributed by atoms with Gasteiger partial charge in [-0.05, 0) is 50.3 Å². The highest BCUT2D eigenvalue weighted by molar-refractivity contribution is 6.05. The number of nitrogens with zero attached hydrogens (tertiary/aromatic N) is 2. The molecule has 0 spiro atoms. The van der Waals surface area contributed by atoms with Crippen LogP contribution in [0.5, 0.6) is 0 Å². The minimum absolute atomic E-state index is 0. The van der Waals surface area contributed by atoms with E-state index < -0.39 is 11.2 Å². The largest absolute Gasteiger partial charge is 0.352 e. The number of aryl methyl sites for hydroxylation is 1. The van der Waals surface area contributed by atoms with Crippen molar-refractivity contribution in [2.75, 3.05) is 19.6 Å². The molecule has 2 aromatic rings. The van der Waals surface area contributed by atoms with E-state index in [9.17, 15) is 14.4 Å². The lowest BCUT2D eigenvalue weighted by Crippen LogP contribution is -2.39. The van der Waals surface area contributed by atoms with Crippen LogP contribution in [0.25, 0.3) is 11.0 Å². The first kappa shape index (κ1) is 26.1. The van der Waals surface area contributed by atoms with Gasteiger partial charge in [0.25, 0.3) is 11.5 Å². The standard InChI is InChI=1S/C20H29N5O3.2ClH/c1-4-8-25-17-16(19(27)24-20(25)28)14(9-15(23-17)12(2)3)18(26)22-11-13-6-5-7-21-10-13;;/h9,12-13,21H,4-8,10-11H2,1-3H3,(H,22,26)(H,24,27,28);2*1H. The number of aromatic nitrogens is 3. The van der Waals surface area contributed by atoms with Crippen molar-refractivity contribution in [3.8, 4) is 0 Å². The number of nitrogens with one attached hydrogen (secondary N) is 3. The number of halogens is 2. The van der Waals surface area contributed by atoms with E-state index in [4.69, 9.17) is 0 Å². The normalized spacial score (nSPS) is 16.1. The Kier molecular flexibility index (Phi) is 10.0. The molecule has 0 aromatic carbocycles. The molecule has 1 fully saturated rings. The van der Waals surface area contributed by atoms with E-state index in [-0.39, 0.29) is 53.2 Å². The molecule has 1 amide bonds. The molecule has 0 bridgehead atoms. The summed E-state index contributed by atoms with van der Waals surface area (Å²) in [5.74, 6) is 0.141. The van der Waals surface area contributed by atoms with Crippen molar-refractivity contribution in [3.05, 3.63) is 38.2 Å². The lowest BCUT2D eigenvalue weighted by molar-refractivity contribution is 0.0946. The lowest BCUT2D eigenvalue weighted by atomic mass is 9.99. The summed E-state index contributed by atoms with van der Waals surface area (Å²) in [4.78, 5) is 44.7. The number of piperidine rings is 1. The summed E-state index contributed by atoms with van der Waals surface area (Å²) in [5.41, 5.74) is 0.189. The number of hydrogen-bond donors (Lipinski definition) is 3. The Morgan fingerprint density at radius 3 is 2.67 bits per heavy atom. The van der Waals surface area contributed by atoms with Gasteiger partial charge in [-0.1, -0.05) is 20.8 Å². The summed E-state index contributed by atoms with van der Waals surface area (Å²) >= 11 is 0. The summed E-state index contributed by atoms with van der Waals surface area (Å²) < 4.78 is 1.45. The highest BCUT2D eigenvalue weighted by Crippen LogP contribution is 2.20. The third kappa shape index (κ3) is 5.62. The van der Waals surface area contributed by atoms with Crippen LogP contribution in [0.2, 0.25) is 0 Å². The highest BCUT2D eigenvalue weighted by Gasteiger charge is 2.21. The van der Waals surface area contributed by atoms with Gasteiger partial charge in [0.2, 0.25) is 0 Å². The molecule has 1 saturated heterocycles. The number of carbonyl (C=O) groups is 1. The third-order valence-electron chi connectivity index (χ3n) is 5.20. The van der Waals surface area contributed by atoms with E-state index in [1.165, 1.54) is 4.57 Å². The zero-order valence-corrected chi connectivity index (χ0v) is 19.3. The fourth-order valence-electron chi connectivity index (χ4n) is 3.63. The minimum Gasteiger partial charge on any atom is -0.352 e. The number of H-pyrrole nitrogens is 1. The molecule has 10 heteroatoms. The fraction of sp³-hybridized carbons (Fsp3) is 0.600. The van der Waals surface area contributed by atoms with E-state index in [0.717, 1.165) is 25.9 Å². The summed E-state index contributed by atoms with van der Waals surface area (Å²) in [6.45, 7) is 8.76. The van der Waals surface area contributed by atoms with Gasteiger partial charge in [0.05, 0.1) is 10.9 Å². The predicted octanol–water partition coefficient (Wildman–Crippen LogP) is 2.19. The third-order valence-corrected chi connectivity index (χ3v) is 5.20. The molecule has 1 atom stereocenters. The second kappa shape index (κ2) is 11.5. The molecule has 30 heavy (non-hydrogen) atoms. The van der Waals surface area contributed by atoms with E-state index in [1.54, 1.807) is 6.07 Å². The number of fused-ring (bicyclic) bond motifs is 1. The molecule has 0 saturated carbocycles. The molecule has 1 unspecified atom stereocenters. The maximum Gasteiger partial charge on any atom is 0.329 e. The van der Waals surface area contributed by atoms with Crippen LogP contribution in [0, 0.1) is 5.92 Å². The number of aromatic amines is 1. The summed E-state index contributed by atoms with van der Waals surface area (Å²) in [7, 11) is 0. The SMILES string of the molecule is CCCn1c(=O)[nH]c(=O)c2c(C(=O)NCC3CCCNC3)cc(C(C)C)nc21.Cl.Cl. The van der Waals surface area contributed by atoms with Crippen molar-refractivity contribution >= 4 is 41.8 Å². The van der Waals surface area contributed by atoms with Crippen LogP contribution in [0.15, 0.2) is 15.7 Å². The maximum absolute atomic E-state index is 13.0. The highest BCUT2D eigenvalue weighted by atomic mass is 35.5. The van der Waals surface area contributed by atoms with Crippen LogP contribution in [0.1, 0.15) is 62.0 Å². The predicted molar refractivity (Wildman–Crippen MR) is 123 cm³/mol. The Morgan fingerprint density at radius 2 is 2.07 bits per heavy atom. The molecule has 168 valence electrons. The van der Waals surface area contributed by atoms with Crippen molar-refractivity contribution in [2.45, 2.75) is 52.5 Å². The van der Waals surface area contributed by atoms with Gasteiger partial charge in [-0.15, -0.1) is 24.8 Å². The molecule has 3 rings (SSSR count). The van der Waals surface area contributed by atoms with Crippen molar-refractivity contribution in [3.63, 3.8) is 0 Å². The zero-order valence-electron chi connectivity index (χ0n) is 17.6. The summed E-state index contributed by atoms with van der Waals surface area (Å²) in [5, 5.41) is 6.49. The first-order valence-corrected chi connectivity index (χ1v) is 10.1. The van der Waals surface area contributed by atoms with Crippen LogP contribution in [-0.4, -0.2) is 40.1 Å². The molecule has 1 aliphatic heterocycles. The number of rotatable bonds is 6. The Balaban J connectivity index is 0.00000225. The van der Waals surface area contributed by atoms with E-state index >= 15 is 0 Å². The van der Waals surface area contributed by atoms with E-state index in [1.807, 2.05) is 20.8 Å². The monoisotopic (exact) mass is 459 g/mol. The molecule has 8 nitrogen and oxygen atoms in total. The molecular formula is C20H31Cl2N5O3. The maximum atomic E-state index is 13.0. The Hall–Kier alpha value is -1.90. The summed E-state index contributed by atoms with van der Waals surface area (Å²) in [6, 6.07) is 1.68. The second-order valence-electron chi connectivity index (χ2n) is 7.78. The van der Waals surface area contributed by atoms with Gasteiger partial charge in [0, 0.05) is 18.8 Å². The minimum atomic E-state index is -0.570. The Morgan fingerprint density at radius 1 is 1.33 bits per heavy atom. The van der Waals surface area contributed by atoms with Crippen molar-refractivity contribution < 1.29 is 4.79 Å². The Bertz CT molecular complexity index is 981. The number of amides is 1. The van der Waals surface area contributed by atoms with Crippen molar-refractivity contribution in [1.82, 2.24) is 25.2 Å². The molecule has 3 heterocycles. The molecule has 0 aliphatic carbocycles. The fourth-order valence-corrected chi connectivity index (χ4v) is 3.63. The Labute approximate surface area is 188 Å². The number of carbonyl (C=O) groups excluding carboxylic acids is 1. The molecule has 0 radical (unpaired) electrons. The quantitative estimate of drug-likeness (QED) is 0.613. The smallest absolute Gasteiger partial charge is 0.329 e. The van der Waals surface area contributed by atoms with Gasteiger partial charge >= 0.3 is 5.69 Å². The second-order valence-corrected chi connectivity index (χ2v) is 7.78. The molecule has 2 aromatic heterocycles. The van der Waals surface area contributed by atoms with Crippen LogP contribution in [-0.2, 0) is 6.54 Å². The van der Waals surface area contributed by atoms with Crippen molar-refractivity contribution in [1.29, 1.82) is 0 Å². The van der Waals surface area contributed by atoms with Crippen LogP contribution in [0.4, 0.5) is 0 Å². The first-order chi connectivity index (χ1) is 13.4.